The summed E-state index contributed by atoms with van der Waals surface area (Å²) in [6.07, 6.45) is 1.53. The first-order valence-electron chi connectivity index (χ1n) is 9.49. The minimum absolute atomic E-state index is 0.119. The summed E-state index contributed by atoms with van der Waals surface area (Å²) in [5.74, 6) is -4.19. The Morgan fingerprint density at radius 2 is 1.68 bits per heavy atom. The van der Waals surface area contributed by atoms with Crippen LogP contribution in [-0.2, 0) is 18.7 Å². The minimum atomic E-state index is -1.63. The Morgan fingerprint density at radius 1 is 1.00 bits per heavy atom. The van der Waals surface area contributed by atoms with Crippen LogP contribution in [-0.4, -0.2) is 20.9 Å². The van der Waals surface area contributed by atoms with Crippen molar-refractivity contribution in [1.29, 1.82) is 0 Å². The van der Waals surface area contributed by atoms with E-state index in [2.05, 4.69) is 4.98 Å². The van der Waals surface area contributed by atoms with Gasteiger partial charge in [0.2, 0.25) is 0 Å². The van der Waals surface area contributed by atoms with E-state index in [1.807, 2.05) is 0 Å². The Balaban J connectivity index is 1.66. The van der Waals surface area contributed by atoms with Crippen LogP contribution >= 0.6 is 0 Å². The molecular formula is C23H18F4N2O2. The summed E-state index contributed by atoms with van der Waals surface area (Å²) in [4.78, 5) is 17.8. The Hall–Kier alpha value is -3.26. The molecule has 1 amide bonds. The number of halogens is 4. The smallest absolute Gasteiger partial charge is 0.256 e. The molecule has 0 unspecified atom stereocenters. The van der Waals surface area contributed by atoms with E-state index in [1.54, 1.807) is 12.1 Å². The van der Waals surface area contributed by atoms with E-state index in [0.29, 0.717) is 11.3 Å². The van der Waals surface area contributed by atoms with E-state index >= 15 is 0 Å². The summed E-state index contributed by atoms with van der Waals surface area (Å²) in [5.41, 5.74) is -1.90. The van der Waals surface area contributed by atoms with Gasteiger partial charge in [-0.3, -0.25) is 9.78 Å². The lowest BCUT2D eigenvalue weighted by Crippen LogP contribution is -2.24. The third kappa shape index (κ3) is 3.79. The minimum Gasteiger partial charge on any atom is -0.386 e. The van der Waals surface area contributed by atoms with Gasteiger partial charge < -0.3 is 10.0 Å². The molecule has 0 atom stereocenters. The molecule has 0 saturated carbocycles. The second-order valence-corrected chi connectivity index (χ2v) is 7.95. The van der Waals surface area contributed by atoms with E-state index in [9.17, 15) is 27.5 Å². The van der Waals surface area contributed by atoms with Crippen molar-refractivity contribution in [2.24, 2.45) is 0 Å². The van der Waals surface area contributed by atoms with Gasteiger partial charge in [-0.2, -0.15) is 0 Å². The van der Waals surface area contributed by atoms with Gasteiger partial charge in [0, 0.05) is 22.9 Å². The molecule has 0 saturated heterocycles. The highest BCUT2D eigenvalue weighted by atomic mass is 19.1. The molecule has 31 heavy (non-hydrogen) atoms. The first-order valence-corrected chi connectivity index (χ1v) is 9.49. The van der Waals surface area contributed by atoms with Crippen molar-refractivity contribution in [3.05, 3.63) is 88.2 Å². The molecule has 4 rings (SSSR count). The maximum atomic E-state index is 14.8. The standard InChI is InChI=1S/C23H18F4N2O2/c1-23(2,31)16-9-19(26)14(8-20(16)27)12-6-17(24)15(18(25)7-12)10-29-11-21-13(22(29)30)4-3-5-28-21/h3-9,31H,10-11H2,1-2H3. The summed E-state index contributed by atoms with van der Waals surface area (Å²) in [6, 6.07) is 6.59. The van der Waals surface area contributed by atoms with Gasteiger partial charge in [0.15, 0.2) is 0 Å². The van der Waals surface area contributed by atoms with Crippen LogP contribution in [0.2, 0.25) is 0 Å². The summed E-state index contributed by atoms with van der Waals surface area (Å²) in [6.45, 7) is 2.38. The van der Waals surface area contributed by atoms with Crippen molar-refractivity contribution in [2.75, 3.05) is 0 Å². The lowest BCUT2D eigenvalue weighted by Gasteiger charge is -2.20. The van der Waals surface area contributed by atoms with E-state index in [0.717, 1.165) is 24.3 Å². The van der Waals surface area contributed by atoms with Gasteiger partial charge in [-0.25, -0.2) is 17.6 Å². The second-order valence-electron chi connectivity index (χ2n) is 7.95. The van der Waals surface area contributed by atoms with Gasteiger partial charge in [0.05, 0.1) is 29.9 Å². The largest absolute Gasteiger partial charge is 0.386 e. The number of fused-ring (bicyclic) bond motifs is 1. The van der Waals surface area contributed by atoms with E-state index in [1.165, 1.54) is 24.9 Å². The fourth-order valence-electron chi connectivity index (χ4n) is 3.65. The summed E-state index contributed by atoms with van der Waals surface area (Å²) >= 11 is 0. The highest BCUT2D eigenvalue weighted by molar-refractivity contribution is 5.97. The Morgan fingerprint density at radius 3 is 2.29 bits per heavy atom. The molecule has 3 aromatic rings. The molecule has 8 heteroatoms. The van der Waals surface area contributed by atoms with Crippen molar-refractivity contribution in [2.45, 2.75) is 32.5 Å². The van der Waals surface area contributed by atoms with Gasteiger partial charge in [0.1, 0.15) is 23.3 Å². The van der Waals surface area contributed by atoms with E-state index in [-0.39, 0.29) is 41.3 Å². The summed E-state index contributed by atoms with van der Waals surface area (Å²) < 4.78 is 58.4. The molecular weight excluding hydrogens is 412 g/mol. The predicted octanol–water partition coefficient (Wildman–Crippen LogP) is 4.69. The zero-order chi connectivity index (χ0) is 22.5. The number of aromatic nitrogens is 1. The number of hydrogen-bond acceptors (Lipinski definition) is 3. The van der Waals surface area contributed by atoms with Crippen LogP contribution in [0.4, 0.5) is 17.6 Å². The van der Waals surface area contributed by atoms with Crippen LogP contribution < -0.4 is 0 Å². The summed E-state index contributed by atoms with van der Waals surface area (Å²) in [5, 5.41) is 9.94. The number of hydrogen-bond donors (Lipinski definition) is 1. The third-order valence-corrected chi connectivity index (χ3v) is 5.27. The number of benzene rings is 2. The summed E-state index contributed by atoms with van der Waals surface area (Å²) in [7, 11) is 0. The molecule has 1 N–H and O–H groups in total. The molecule has 4 nitrogen and oxygen atoms in total. The Bertz CT molecular complexity index is 1180. The normalized spacial score (nSPS) is 13.6. The molecule has 0 bridgehead atoms. The van der Waals surface area contributed by atoms with Crippen molar-refractivity contribution in [3.63, 3.8) is 0 Å². The molecule has 0 fully saturated rings. The van der Waals surface area contributed by atoms with Gasteiger partial charge in [-0.15, -0.1) is 0 Å². The highest BCUT2D eigenvalue weighted by Gasteiger charge is 2.30. The van der Waals surface area contributed by atoms with E-state index in [4.69, 9.17) is 0 Å². The first-order chi connectivity index (χ1) is 14.6. The zero-order valence-electron chi connectivity index (χ0n) is 16.7. The Kier molecular flexibility index (Phi) is 5.05. The number of aliphatic hydroxyl groups is 1. The van der Waals surface area contributed by atoms with Gasteiger partial charge in [-0.1, -0.05) is 0 Å². The molecule has 2 aromatic carbocycles. The fourth-order valence-corrected chi connectivity index (χ4v) is 3.65. The lowest BCUT2D eigenvalue weighted by atomic mass is 9.94. The maximum absolute atomic E-state index is 14.8. The van der Waals surface area contributed by atoms with Crippen LogP contribution in [0.1, 0.15) is 41.0 Å². The molecule has 0 aliphatic carbocycles. The van der Waals surface area contributed by atoms with Crippen molar-refractivity contribution < 1.29 is 27.5 Å². The molecule has 0 radical (unpaired) electrons. The van der Waals surface area contributed by atoms with Crippen molar-refractivity contribution >= 4 is 5.91 Å². The molecule has 160 valence electrons. The fraction of sp³-hybridized carbons (Fsp3) is 0.217. The first kappa shape index (κ1) is 21.0. The third-order valence-electron chi connectivity index (χ3n) is 5.27. The van der Waals surface area contributed by atoms with Crippen LogP contribution in [0.25, 0.3) is 11.1 Å². The predicted molar refractivity (Wildman–Crippen MR) is 105 cm³/mol. The molecule has 0 spiro atoms. The van der Waals surface area contributed by atoms with Gasteiger partial charge in [-0.05, 0) is 55.8 Å². The number of rotatable bonds is 4. The quantitative estimate of drug-likeness (QED) is 0.611. The lowest BCUT2D eigenvalue weighted by molar-refractivity contribution is 0.0740. The highest BCUT2D eigenvalue weighted by Crippen LogP contribution is 2.33. The second kappa shape index (κ2) is 7.46. The molecule has 1 aliphatic rings. The number of pyridine rings is 1. The Labute approximate surface area is 175 Å². The van der Waals surface area contributed by atoms with Gasteiger partial charge in [0.25, 0.3) is 5.91 Å². The molecule has 1 aromatic heterocycles. The average molecular weight is 430 g/mol. The SMILES string of the molecule is CC(C)(O)c1cc(F)c(-c2cc(F)c(CN3Cc4ncccc4C3=O)c(F)c2)cc1F. The topological polar surface area (TPSA) is 53.4 Å². The van der Waals surface area contributed by atoms with Crippen LogP contribution in [0.15, 0.2) is 42.6 Å². The number of carbonyl (C=O) groups excluding carboxylic acids is 1. The number of nitrogens with zero attached hydrogens (tertiary/aromatic N) is 2. The van der Waals surface area contributed by atoms with Crippen molar-refractivity contribution in [1.82, 2.24) is 9.88 Å². The number of carbonyl (C=O) groups is 1. The van der Waals surface area contributed by atoms with Crippen molar-refractivity contribution in [3.8, 4) is 11.1 Å². The zero-order valence-corrected chi connectivity index (χ0v) is 16.7. The van der Waals surface area contributed by atoms with Gasteiger partial charge >= 0.3 is 0 Å². The van der Waals surface area contributed by atoms with Crippen LogP contribution in [0, 0.1) is 23.3 Å². The molecule has 2 heterocycles. The monoisotopic (exact) mass is 430 g/mol. The molecule has 1 aliphatic heterocycles. The van der Waals surface area contributed by atoms with E-state index < -0.39 is 28.9 Å². The average Bonchev–Trinajstić information content (AvgIpc) is 3.01. The number of amides is 1. The maximum Gasteiger partial charge on any atom is 0.256 e. The van der Waals surface area contributed by atoms with Crippen LogP contribution in [0.3, 0.4) is 0 Å². The van der Waals surface area contributed by atoms with Crippen LogP contribution in [0.5, 0.6) is 0 Å².